The molecular formula is C13H12ClNO3. The van der Waals surface area contributed by atoms with Gasteiger partial charge in [0.15, 0.2) is 0 Å². The molecule has 1 aliphatic heterocycles. The second-order valence-electron chi connectivity index (χ2n) is 5.77. The summed E-state index contributed by atoms with van der Waals surface area (Å²) in [6.45, 7) is -0.277. The van der Waals surface area contributed by atoms with E-state index < -0.39 is 5.24 Å². The molecule has 2 bridgehead atoms. The Morgan fingerprint density at radius 3 is 2.11 bits per heavy atom. The van der Waals surface area contributed by atoms with Crippen LogP contribution in [0.15, 0.2) is 12.2 Å². The summed E-state index contributed by atoms with van der Waals surface area (Å²) < 4.78 is 0. The van der Waals surface area contributed by atoms with Gasteiger partial charge < -0.3 is 0 Å². The number of carbonyl (C=O) groups excluding carboxylic acids is 3. The fourth-order valence-electron chi connectivity index (χ4n) is 4.30. The molecule has 2 saturated carbocycles. The van der Waals surface area contributed by atoms with Crippen molar-refractivity contribution in [3.05, 3.63) is 12.2 Å². The smallest absolute Gasteiger partial charge is 0.241 e. The van der Waals surface area contributed by atoms with Gasteiger partial charge in [-0.1, -0.05) is 12.2 Å². The zero-order chi connectivity index (χ0) is 12.6. The minimum Gasteiger partial charge on any atom is -0.279 e. The van der Waals surface area contributed by atoms with Crippen molar-refractivity contribution in [1.29, 1.82) is 0 Å². The highest BCUT2D eigenvalue weighted by Crippen LogP contribution is 2.65. The van der Waals surface area contributed by atoms with Crippen LogP contribution in [0.1, 0.15) is 6.42 Å². The number of likely N-dealkylation sites (tertiary alicyclic amines) is 1. The topological polar surface area (TPSA) is 54.5 Å². The molecule has 1 saturated heterocycles. The molecule has 5 aliphatic rings. The Bertz CT molecular complexity index is 478. The molecule has 0 aromatic carbocycles. The van der Waals surface area contributed by atoms with Gasteiger partial charge in [-0.3, -0.25) is 19.3 Å². The van der Waals surface area contributed by atoms with Crippen LogP contribution in [0.5, 0.6) is 0 Å². The molecule has 5 heteroatoms. The van der Waals surface area contributed by atoms with Crippen LogP contribution in [-0.2, 0) is 14.4 Å². The van der Waals surface area contributed by atoms with Crippen LogP contribution in [0, 0.1) is 35.5 Å². The second-order valence-corrected chi connectivity index (χ2v) is 6.19. The van der Waals surface area contributed by atoms with Gasteiger partial charge in [0.1, 0.15) is 6.54 Å². The molecule has 0 aromatic heterocycles. The summed E-state index contributed by atoms with van der Waals surface area (Å²) in [7, 11) is 0. The number of imide groups is 1. The van der Waals surface area contributed by atoms with Crippen LogP contribution in [0.4, 0.5) is 0 Å². The number of rotatable bonds is 2. The van der Waals surface area contributed by atoms with E-state index >= 15 is 0 Å². The van der Waals surface area contributed by atoms with E-state index in [0.29, 0.717) is 11.8 Å². The predicted octanol–water partition coefficient (Wildman–Crippen LogP) is 0.805. The third-order valence-corrected chi connectivity index (χ3v) is 5.16. The lowest BCUT2D eigenvalue weighted by atomic mass is 9.63. The molecule has 94 valence electrons. The van der Waals surface area contributed by atoms with Gasteiger partial charge in [-0.2, -0.15) is 0 Å². The number of allylic oxidation sites excluding steroid dienone is 2. The van der Waals surface area contributed by atoms with Gasteiger partial charge in [0.25, 0.3) is 0 Å². The minimum absolute atomic E-state index is 0.191. The number of halogens is 1. The summed E-state index contributed by atoms with van der Waals surface area (Å²) in [5, 5.41) is -0.652. The van der Waals surface area contributed by atoms with E-state index in [0.717, 1.165) is 11.3 Å². The molecule has 6 atom stereocenters. The molecule has 18 heavy (non-hydrogen) atoms. The lowest BCUT2D eigenvalue weighted by Crippen LogP contribution is -2.40. The maximum absolute atomic E-state index is 12.3. The SMILES string of the molecule is O=C(Cl)CN1C(=O)[C@@H]2[C@H]3C=C[C@@H]([C@@H]4C[C@H]34)[C@@H]2C1=O. The molecule has 4 nitrogen and oxygen atoms in total. The zero-order valence-corrected chi connectivity index (χ0v) is 10.3. The van der Waals surface area contributed by atoms with Crippen molar-refractivity contribution in [2.45, 2.75) is 6.42 Å². The van der Waals surface area contributed by atoms with Crippen molar-refractivity contribution in [3.8, 4) is 0 Å². The van der Waals surface area contributed by atoms with Gasteiger partial charge in [0.05, 0.1) is 11.8 Å². The van der Waals surface area contributed by atoms with Crippen LogP contribution < -0.4 is 0 Å². The second kappa shape index (κ2) is 3.23. The Kier molecular flexibility index (Phi) is 1.93. The highest BCUT2D eigenvalue weighted by atomic mass is 35.5. The quantitative estimate of drug-likeness (QED) is 0.422. The fraction of sp³-hybridized carbons (Fsp3) is 0.615. The van der Waals surface area contributed by atoms with Crippen LogP contribution in [0.3, 0.4) is 0 Å². The maximum Gasteiger partial charge on any atom is 0.241 e. The Balaban J connectivity index is 1.72. The molecule has 0 aromatic rings. The van der Waals surface area contributed by atoms with Crippen LogP contribution in [-0.4, -0.2) is 28.5 Å². The first-order chi connectivity index (χ1) is 8.59. The van der Waals surface area contributed by atoms with E-state index in [1.165, 1.54) is 0 Å². The van der Waals surface area contributed by atoms with E-state index in [4.69, 9.17) is 11.6 Å². The predicted molar refractivity (Wildman–Crippen MR) is 62.3 cm³/mol. The van der Waals surface area contributed by atoms with E-state index in [-0.39, 0.29) is 42.0 Å². The van der Waals surface area contributed by atoms with Gasteiger partial charge in [0.2, 0.25) is 17.1 Å². The standard InChI is InChI=1S/C13H12ClNO3/c14-9(16)4-15-12(17)10-5-1-2-6(8-3-7(5)8)11(10)13(15)18/h1-2,5-8,10-11H,3-4H2/t5-,6-,7-,8+,10-,11+/m0/s1. The first kappa shape index (κ1) is 10.7. The largest absolute Gasteiger partial charge is 0.279 e. The fourth-order valence-corrected chi connectivity index (χ4v) is 4.42. The van der Waals surface area contributed by atoms with Gasteiger partial charge in [-0.25, -0.2) is 0 Å². The first-order valence-electron chi connectivity index (χ1n) is 6.31. The molecule has 0 spiro atoms. The monoisotopic (exact) mass is 265 g/mol. The number of amides is 2. The summed E-state index contributed by atoms with van der Waals surface area (Å²) >= 11 is 5.31. The van der Waals surface area contributed by atoms with Crippen molar-refractivity contribution < 1.29 is 14.4 Å². The Hall–Kier alpha value is -1.16. The maximum atomic E-state index is 12.3. The lowest BCUT2D eigenvalue weighted by Gasteiger charge is -2.37. The number of nitrogens with zero attached hydrogens (tertiary/aromatic N) is 1. The van der Waals surface area contributed by atoms with Crippen molar-refractivity contribution in [2.75, 3.05) is 6.54 Å². The molecule has 1 heterocycles. The lowest BCUT2D eigenvalue weighted by molar-refractivity contribution is -0.142. The summed E-state index contributed by atoms with van der Waals surface area (Å²) in [6, 6.07) is 0. The number of hydrogen-bond donors (Lipinski definition) is 0. The van der Waals surface area contributed by atoms with E-state index in [1.807, 2.05) is 0 Å². The van der Waals surface area contributed by atoms with Gasteiger partial charge >= 0.3 is 0 Å². The van der Waals surface area contributed by atoms with E-state index in [9.17, 15) is 14.4 Å². The van der Waals surface area contributed by atoms with E-state index in [1.54, 1.807) is 0 Å². The van der Waals surface area contributed by atoms with Crippen LogP contribution in [0.25, 0.3) is 0 Å². The zero-order valence-electron chi connectivity index (χ0n) is 9.58. The Labute approximate surface area is 109 Å². The summed E-state index contributed by atoms with van der Waals surface area (Å²) in [5.41, 5.74) is 0. The molecule has 0 N–H and O–H groups in total. The first-order valence-corrected chi connectivity index (χ1v) is 6.69. The van der Waals surface area contributed by atoms with Crippen molar-refractivity contribution in [3.63, 3.8) is 0 Å². The molecule has 0 unspecified atom stereocenters. The molecule has 4 aliphatic carbocycles. The van der Waals surface area contributed by atoms with E-state index in [2.05, 4.69) is 12.2 Å². The van der Waals surface area contributed by atoms with Crippen molar-refractivity contribution in [1.82, 2.24) is 4.90 Å². The third kappa shape index (κ3) is 1.14. The normalized spacial score (nSPS) is 47.3. The molecule has 0 radical (unpaired) electrons. The highest BCUT2D eigenvalue weighted by molar-refractivity contribution is 6.64. The Morgan fingerprint density at radius 1 is 1.17 bits per heavy atom. The summed E-state index contributed by atoms with van der Waals surface area (Å²) in [4.78, 5) is 36.6. The molecular weight excluding hydrogens is 254 g/mol. The van der Waals surface area contributed by atoms with Crippen LogP contribution >= 0.6 is 11.6 Å². The summed E-state index contributed by atoms with van der Waals surface area (Å²) in [5.74, 6) is 0.745. The minimum atomic E-state index is -0.652. The van der Waals surface area contributed by atoms with Gasteiger partial charge in [0, 0.05) is 0 Å². The van der Waals surface area contributed by atoms with Crippen LogP contribution in [0.2, 0.25) is 0 Å². The molecule has 3 fully saturated rings. The molecule has 2 amide bonds. The number of hydrogen-bond acceptors (Lipinski definition) is 3. The average Bonchev–Trinajstić information content (AvgIpc) is 3.11. The van der Waals surface area contributed by atoms with Gasteiger partial charge in [-0.15, -0.1) is 0 Å². The van der Waals surface area contributed by atoms with Gasteiger partial charge in [-0.05, 0) is 41.7 Å². The number of carbonyl (C=O) groups is 3. The molecule has 5 rings (SSSR count). The third-order valence-electron chi connectivity index (χ3n) is 5.04. The van der Waals surface area contributed by atoms with Crippen molar-refractivity contribution in [2.24, 2.45) is 35.5 Å². The summed E-state index contributed by atoms with van der Waals surface area (Å²) in [6.07, 6.45) is 5.36. The average molecular weight is 266 g/mol. The highest BCUT2D eigenvalue weighted by Gasteiger charge is 2.66. The Morgan fingerprint density at radius 2 is 1.67 bits per heavy atom. The van der Waals surface area contributed by atoms with Crippen molar-refractivity contribution >= 4 is 28.7 Å².